The number of anilines is 9. The Morgan fingerprint density at radius 3 is 1.28 bits per heavy atom. The fourth-order valence-electron chi connectivity index (χ4n) is 13.6. The largest absolute Gasteiger partial charge is 0.311 e. The molecule has 1 aromatic heterocycles. The maximum atomic E-state index is 10.7. The standard InChI is InChI=1S/C84H80BN3SSi/c1-81(2,3)59-34-42-63(43-35-59)86(64-44-36-60(37-45-64)82(4,5)6)67-50-51-73-74(54-67)87(65-46-38-61(39-47-65)83(7,8)9)75-55-71(90(68-27-19-14-20-28-68,69-29-21-15-22-30-69)70-31-23-16-24-32-70)56-76-78(75)85(73)80-79(88(76)66-48-40-62(41-49-66)84(10,11)12)72-53-58(33-52-77(72)89-80)57-25-17-13-18-26-57/h13-56H,1-12H3/i13D,17D,18D,25D,26D,33D,52D,53D. The third-order valence-corrected chi connectivity index (χ3v) is 24.4. The van der Waals surface area contributed by atoms with Crippen molar-refractivity contribution in [3.63, 3.8) is 0 Å². The highest BCUT2D eigenvalue weighted by Gasteiger charge is 2.49. The van der Waals surface area contributed by atoms with Gasteiger partial charge < -0.3 is 14.7 Å². The van der Waals surface area contributed by atoms with Gasteiger partial charge in [0.25, 0.3) is 6.71 Å². The average molecular weight is 1210 g/mol. The van der Waals surface area contributed by atoms with Crippen LogP contribution in [0.25, 0.3) is 21.2 Å². The molecule has 0 bridgehead atoms. The van der Waals surface area contributed by atoms with E-state index in [1.165, 1.54) is 43.6 Å². The predicted octanol–water partition coefficient (Wildman–Crippen LogP) is 18.7. The van der Waals surface area contributed by atoms with Gasteiger partial charge in [-0.15, -0.1) is 11.3 Å². The minimum absolute atomic E-state index is 0.0816. The number of hydrogen-bond acceptors (Lipinski definition) is 4. The summed E-state index contributed by atoms with van der Waals surface area (Å²) in [6.07, 6.45) is 0. The molecule has 12 aromatic rings. The van der Waals surface area contributed by atoms with Crippen molar-refractivity contribution in [2.75, 3.05) is 14.7 Å². The van der Waals surface area contributed by atoms with Crippen LogP contribution < -0.4 is 51.1 Å². The van der Waals surface area contributed by atoms with E-state index in [4.69, 9.17) is 4.11 Å². The first-order valence-electron chi connectivity index (χ1n) is 35.4. The summed E-state index contributed by atoms with van der Waals surface area (Å²) in [6, 6.07) is 76.8. The second-order valence-electron chi connectivity index (χ2n) is 28.4. The third kappa shape index (κ3) is 10.2. The zero-order valence-electron chi connectivity index (χ0n) is 61.6. The lowest BCUT2D eigenvalue weighted by Gasteiger charge is -2.45. The summed E-state index contributed by atoms with van der Waals surface area (Å²) in [4.78, 5) is 7.13. The number of rotatable bonds is 10. The van der Waals surface area contributed by atoms with Gasteiger partial charge >= 0.3 is 0 Å². The number of hydrogen-bond donors (Lipinski definition) is 0. The van der Waals surface area contributed by atoms with Gasteiger partial charge in [0, 0.05) is 60.4 Å². The zero-order valence-corrected chi connectivity index (χ0v) is 55.4. The summed E-state index contributed by atoms with van der Waals surface area (Å²) in [5.74, 6) is 0. The Hall–Kier alpha value is -8.94. The van der Waals surface area contributed by atoms with E-state index in [1.807, 2.05) is 0 Å². The monoisotopic (exact) mass is 1210 g/mol. The molecule has 2 aliphatic heterocycles. The molecule has 3 nitrogen and oxygen atoms in total. The maximum Gasteiger partial charge on any atom is 0.264 e. The molecule has 6 heteroatoms. The van der Waals surface area contributed by atoms with Crippen LogP contribution in [0.4, 0.5) is 51.2 Å². The molecule has 0 aliphatic carbocycles. The normalized spacial score (nSPS) is 14.5. The van der Waals surface area contributed by atoms with E-state index in [0.29, 0.717) is 15.8 Å². The molecule has 0 atom stereocenters. The SMILES string of the molecule is [2H]c1c([2H])c([2H])c(-c2c([2H])c([2H])c3sc4c(c3c2[2H])N(c2ccc(C(C)(C)C)cc2)c2cc([Si](c3ccccc3)(c3ccccc3)c3ccccc3)cc3c2B4c2ccc(N(c4ccc(C(C)(C)C)cc4)c4ccc(C(C)(C)C)cc4)cc2N3c2ccc(C(C)(C)C)cc2)c([2H])c1[2H]. The lowest BCUT2D eigenvalue weighted by Crippen LogP contribution is -2.75. The molecule has 0 N–H and O–H groups in total. The van der Waals surface area contributed by atoms with Crippen LogP contribution >= 0.6 is 11.3 Å². The van der Waals surface area contributed by atoms with Crippen molar-refractivity contribution in [1.29, 1.82) is 0 Å². The lowest BCUT2D eigenvalue weighted by molar-refractivity contribution is 0.590. The van der Waals surface area contributed by atoms with E-state index in [9.17, 15) is 6.85 Å². The Bertz CT molecular complexity index is 4910. The molecule has 11 aromatic carbocycles. The zero-order chi connectivity index (χ0) is 69.4. The van der Waals surface area contributed by atoms with E-state index < -0.39 is 45.0 Å². The molecule has 0 fully saturated rings. The van der Waals surface area contributed by atoms with Crippen LogP contribution in [-0.4, -0.2) is 14.8 Å². The Morgan fingerprint density at radius 1 is 0.400 bits per heavy atom. The van der Waals surface area contributed by atoms with Gasteiger partial charge in [-0.05, 0) is 172 Å². The minimum atomic E-state index is -3.46. The van der Waals surface area contributed by atoms with Crippen LogP contribution in [0.1, 0.15) is 116 Å². The van der Waals surface area contributed by atoms with Gasteiger partial charge in [-0.3, -0.25) is 0 Å². The first-order chi connectivity index (χ1) is 46.5. The van der Waals surface area contributed by atoms with Gasteiger partial charge in [0.05, 0.1) is 16.7 Å². The van der Waals surface area contributed by atoms with Gasteiger partial charge in [-0.1, -0.05) is 265 Å². The van der Waals surface area contributed by atoms with Crippen LogP contribution in [0, 0.1) is 0 Å². The first kappa shape index (κ1) is 49.9. The molecule has 14 rings (SSSR count). The van der Waals surface area contributed by atoms with Crippen molar-refractivity contribution in [3.05, 3.63) is 289 Å². The molecule has 2 aliphatic rings. The predicted molar refractivity (Wildman–Crippen MR) is 394 cm³/mol. The summed E-state index contributed by atoms with van der Waals surface area (Å²) in [5.41, 5.74) is 13.9. The molecule has 444 valence electrons. The fourth-order valence-corrected chi connectivity index (χ4v) is 19.6. The van der Waals surface area contributed by atoms with Crippen molar-refractivity contribution >= 4 is 124 Å². The van der Waals surface area contributed by atoms with Gasteiger partial charge in [0.1, 0.15) is 0 Å². The van der Waals surface area contributed by atoms with Crippen molar-refractivity contribution in [2.24, 2.45) is 0 Å². The quantitative estimate of drug-likeness (QED) is 0.0998. The molecule has 90 heavy (non-hydrogen) atoms. The molecule has 0 amide bonds. The summed E-state index contributed by atoms with van der Waals surface area (Å²) in [5, 5.41) is 5.02. The summed E-state index contributed by atoms with van der Waals surface area (Å²) in [7, 11) is -3.46. The molecule has 0 saturated heterocycles. The minimum Gasteiger partial charge on any atom is -0.311 e. The van der Waals surface area contributed by atoms with E-state index in [1.54, 1.807) is 0 Å². The second kappa shape index (κ2) is 22.2. The van der Waals surface area contributed by atoms with Crippen LogP contribution in [0.2, 0.25) is 0 Å². The van der Waals surface area contributed by atoms with Gasteiger partial charge in [0.15, 0.2) is 8.07 Å². The first-order valence-corrected chi connectivity index (χ1v) is 34.3. The highest BCUT2D eigenvalue weighted by molar-refractivity contribution is 7.33. The van der Waals surface area contributed by atoms with Crippen molar-refractivity contribution in [3.8, 4) is 11.1 Å². The Labute approximate surface area is 551 Å². The number of thiophene rings is 1. The fraction of sp³-hybridized carbons (Fsp3) is 0.190. The van der Waals surface area contributed by atoms with Crippen molar-refractivity contribution in [1.82, 2.24) is 0 Å². The Kier molecular flexibility index (Phi) is 12.3. The number of nitrogens with zero attached hydrogens (tertiary/aromatic N) is 3. The highest BCUT2D eigenvalue weighted by Crippen LogP contribution is 2.50. The Balaban J connectivity index is 1.18. The molecular formula is C84H80BN3SSi. The average Bonchev–Trinajstić information content (AvgIpc) is 1.31. The van der Waals surface area contributed by atoms with Crippen molar-refractivity contribution < 1.29 is 11.0 Å². The summed E-state index contributed by atoms with van der Waals surface area (Å²) in [6.45, 7) is 26.3. The van der Waals surface area contributed by atoms with Crippen LogP contribution in [0.5, 0.6) is 0 Å². The topological polar surface area (TPSA) is 9.72 Å². The molecule has 0 saturated carbocycles. The number of benzene rings is 11. The molecule has 0 unspecified atom stereocenters. The third-order valence-electron chi connectivity index (χ3n) is 18.4. The van der Waals surface area contributed by atoms with Crippen LogP contribution in [0.3, 0.4) is 0 Å². The van der Waals surface area contributed by atoms with Gasteiger partial charge in [0.2, 0.25) is 0 Å². The van der Waals surface area contributed by atoms with E-state index in [0.717, 1.165) is 72.0 Å². The molecule has 3 heterocycles. The molecule has 0 spiro atoms. The maximum absolute atomic E-state index is 10.7. The smallest absolute Gasteiger partial charge is 0.264 e. The van der Waals surface area contributed by atoms with Crippen LogP contribution in [0.15, 0.2) is 267 Å². The highest BCUT2D eigenvalue weighted by atomic mass is 32.1. The summed E-state index contributed by atoms with van der Waals surface area (Å²) < 4.78 is 77.1. The van der Waals surface area contributed by atoms with Gasteiger partial charge in [-0.25, -0.2) is 0 Å². The lowest BCUT2D eigenvalue weighted by atomic mass is 9.36. The second-order valence-corrected chi connectivity index (χ2v) is 33.3. The number of fused-ring (bicyclic) bond motifs is 6. The Morgan fingerprint density at radius 2 is 0.822 bits per heavy atom. The molecular weight excluding hydrogens is 1120 g/mol. The summed E-state index contributed by atoms with van der Waals surface area (Å²) >= 11 is 1.41. The van der Waals surface area contributed by atoms with Gasteiger partial charge in [-0.2, -0.15) is 0 Å². The molecule has 0 radical (unpaired) electrons. The van der Waals surface area contributed by atoms with Crippen molar-refractivity contribution in [2.45, 2.75) is 105 Å². The van der Waals surface area contributed by atoms with E-state index >= 15 is 0 Å². The van der Waals surface area contributed by atoms with E-state index in [-0.39, 0.29) is 50.9 Å². The van der Waals surface area contributed by atoms with E-state index in [2.05, 4.69) is 316 Å². The van der Waals surface area contributed by atoms with Crippen LogP contribution in [-0.2, 0) is 21.7 Å².